The summed E-state index contributed by atoms with van der Waals surface area (Å²) in [6.07, 6.45) is 2.29. The molecule has 1 heterocycles. The molecule has 0 unspecified atom stereocenters. The highest BCUT2D eigenvalue weighted by Gasteiger charge is 2.21. The minimum Gasteiger partial charge on any atom is -0.493 e. The van der Waals surface area contributed by atoms with Crippen molar-refractivity contribution in [2.24, 2.45) is 0 Å². The number of benzene rings is 1. The zero-order valence-corrected chi connectivity index (χ0v) is 14.3. The van der Waals surface area contributed by atoms with Crippen LogP contribution in [0.5, 0.6) is 17.2 Å². The van der Waals surface area contributed by atoms with Crippen molar-refractivity contribution in [3.8, 4) is 17.2 Å². The number of methoxy groups -OCH3 is 3. The van der Waals surface area contributed by atoms with E-state index in [0.717, 1.165) is 12.8 Å². The lowest BCUT2D eigenvalue weighted by Crippen LogP contribution is -2.15. The number of aromatic nitrogens is 2. The fourth-order valence-corrected chi connectivity index (χ4v) is 2.32. The molecule has 1 fully saturated rings. The Morgan fingerprint density at radius 2 is 1.72 bits per heavy atom. The van der Waals surface area contributed by atoms with Gasteiger partial charge >= 0.3 is 0 Å². The van der Waals surface area contributed by atoms with Gasteiger partial charge in [-0.05, 0) is 25.0 Å². The van der Waals surface area contributed by atoms with E-state index in [4.69, 9.17) is 14.2 Å². The van der Waals surface area contributed by atoms with Crippen molar-refractivity contribution in [1.29, 1.82) is 0 Å². The van der Waals surface area contributed by atoms with E-state index >= 15 is 0 Å². The molecule has 0 atom stereocenters. The van der Waals surface area contributed by atoms with Gasteiger partial charge in [0.1, 0.15) is 5.82 Å². The van der Waals surface area contributed by atoms with Crippen LogP contribution in [0.1, 0.15) is 23.3 Å². The minimum atomic E-state index is -0.375. The molecule has 2 N–H and O–H groups in total. The van der Waals surface area contributed by atoms with Crippen molar-refractivity contribution in [1.82, 2.24) is 10.2 Å². The van der Waals surface area contributed by atoms with Gasteiger partial charge in [0.25, 0.3) is 5.91 Å². The summed E-state index contributed by atoms with van der Waals surface area (Å²) in [6, 6.07) is 7.15. The van der Waals surface area contributed by atoms with Crippen LogP contribution in [0.4, 0.5) is 11.5 Å². The normalized spacial score (nSPS) is 13.1. The van der Waals surface area contributed by atoms with Gasteiger partial charge in [0.15, 0.2) is 17.2 Å². The Balaban J connectivity index is 1.75. The molecule has 1 aromatic heterocycles. The van der Waals surface area contributed by atoms with Crippen LogP contribution in [0.3, 0.4) is 0 Å². The summed E-state index contributed by atoms with van der Waals surface area (Å²) in [7, 11) is 4.55. The Kier molecular flexibility index (Phi) is 4.87. The van der Waals surface area contributed by atoms with E-state index < -0.39 is 0 Å². The molecule has 8 nitrogen and oxygen atoms in total. The van der Waals surface area contributed by atoms with Crippen LogP contribution >= 0.6 is 0 Å². The van der Waals surface area contributed by atoms with Gasteiger partial charge in [-0.25, -0.2) is 0 Å². The molecule has 132 valence electrons. The lowest BCUT2D eigenvalue weighted by Gasteiger charge is -2.14. The van der Waals surface area contributed by atoms with E-state index in [1.165, 1.54) is 21.3 Å². The predicted molar refractivity (Wildman–Crippen MR) is 92.7 cm³/mol. The highest BCUT2D eigenvalue weighted by molar-refractivity contribution is 6.03. The molecule has 2 aromatic rings. The molecule has 8 heteroatoms. The van der Waals surface area contributed by atoms with Crippen LogP contribution in [-0.2, 0) is 0 Å². The van der Waals surface area contributed by atoms with Crippen molar-refractivity contribution in [2.75, 3.05) is 32.0 Å². The average Bonchev–Trinajstić information content (AvgIpc) is 3.45. The third-order valence-corrected chi connectivity index (χ3v) is 3.75. The third kappa shape index (κ3) is 3.90. The molecular weight excluding hydrogens is 324 g/mol. The monoisotopic (exact) mass is 344 g/mol. The van der Waals surface area contributed by atoms with Gasteiger partial charge in [0.2, 0.25) is 5.75 Å². The highest BCUT2D eigenvalue weighted by Crippen LogP contribution is 2.40. The Labute approximate surface area is 145 Å². The first-order valence-electron chi connectivity index (χ1n) is 7.86. The first-order chi connectivity index (χ1) is 12.1. The maximum atomic E-state index is 12.4. The molecule has 1 aliphatic rings. The summed E-state index contributed by atoms with van der Waals surface area (Å²) in [6.45, 7) is 0. The number of hydrogen-bond acceptors (Lipinski definition) is 7. The van der Waals surface area contributed by atoms with E-state index in [1.807, 2.05) is 0 Å². The Morgan fingerprint density at radius 3 is 2.20 bits per heavy atom. The summed E-state index contributed by atoms with van der Waals surface area (Å²) < 4.78 is 15.8. The maximum Gasteiger partial charge on any atom is 0.276 e. The van der Waals surface area contributed by atoms with Gasteiger partial charge in [-0.2, -0.15) is 0 Å². The van der Waals surface area contributed by atoms with E-state index in [1.54, 1.807) is 24.3 Å². The number of anilines is 2. The smallest absolute Gasteiger partial charge is 0.276 e. The minimum absolute atomic E-state index is 0.218. The van der Waals surface area contributed by atoms with Crippen LogP contribution in [0.25, 0.3) is 0 Å². The number of carbonyl (C=O) groups excluding carboxylic acids is 1. The van der Waals surface area contributed by atoms with E-state index in [9.17, 15) is 4.79 Å². The zero-order chi connectivity index (χ0) is 17.8. The molecule has 0 spiro atoms. The van der Waals surface area contributed by atoms with E-state index in [0.29, 0.717) is 34.8 Å². The number of amides is 1. The van der Waals surface area contributed by atoms with Crippen molar-refractivity contribution >= 4 is 17.4 Å². The summed E-state index contributed by atoms with van der Waals surface area (Å²) in [4.78, 5) is 12.4. The third-order valence-electron chi connectivity index (χ3n) is 3.75. The SMILES string of the molecule is COc1cc(NC(=O)c2ccc(NC3CC3)nn2)cc(OC)c1OC. The lowest BCUT2D eigenvalue weighted by molar-refractivity contribution is 0.102. The Bertz CT molecular complexity index is 735. The van der Waals surface area contributed by atoms with Crippen LogP contribution in [-0.4, -0.2) is 43.5 Å². The molecule has 0 bridgehead atoms. The summed E-state index contributed by atoms with van der Waals surface area (Å²) in [5, 5.41) is 14.0. The van der Waals surface area contributed by atoms with Crippen LogP contribution in [0.15, 0.2) is 24.3 Å². The summed E-state index contributed by atoms with van der Waals surface area (Å²) in [5.74, 6) is 1.66. The van der Waals surface area contributed by atoms with Crippen LogP contribution < -0.4 is 24.8 Å². The van der Waals surface area contributed by atoms with E-state index in [2.05, 4.69) is 20.8 Å². The maximum absolute atomic E-state index is 12.4. The molecule has 0 radical (unpaired) electrons. The standard InChI is InChI=1S/C17H20N4O4/c1-23-13-8-11(9-14(24-2)16(13)25-3)19-17(22)12-6-7-15(21-20-12)18-10-4-5-10/h6-10H,4-5H2,1-3H3,(H,18,21)(H,19,22). The van der Waals surface area contributed by atoms with Crippen LogP contribution in [0, 0.1) is 0 Å². The zero-order valence-electron chi connectivity index (χ0n) is 14.3. The van der Waals surface area contributed by atoms with Crippen molar-refractivity contribution in [2.45, 2.75) is 18.9 Å². The fraction of sp³-hybridized carbons (Fsp3) is 0.353. The molecule has 1 aliphatic carbocycles. The van der Waals surface area contributed by atoms with Crippen LogP contribution in [0.2, 0.25) is 0 Å². The molecule has 1 amide bonds. The quantitative estimate of drug-likeness (QED) is 0.796. The van der Waals surface area contributed by atoms with E-state index in [-0.39, 0.29) is 11.6 Å². The summed E-state index contributed by atoms with van der Waals surface area (Å²) in [5.41, 5.74) is 0.719. The molecular formula is C17H20N4O4. The van der Waals surface area contributed by atoms with Gasteiger partial charge in [-0.3, -0.25) is 4.79 Å². The van der Waals surface area contributed by atoms with Gasteiger partial charge < -0.3 is 24.8 Å². The number of hydrogen-bond donors (Lipinski definition) is 2. The Hall–Kier alpha value is -3.03. The highest BCUT2D eigenvalue weighted by atomic mass is 16.5. The number of nitrogens with zero attached hydrogens (tertiary/aromatic N) is 2. The lowest BCUT2D eigenvalue weighted by atomic mass is 10.2. The molecule has 1 saturated carbocycles. The fourth-order valence-electron chi connectivity index (χ4n) is 2.32. The Morgan fingerprint density at radius 1 is 1.04 bits per heavy atom. The average molecular weight is 344 g/mol. The van der Waals surface area contributed by atoms with Crippen molar-refractivity contribution < 1.29 is 19.0 Å². The molecule has 25 heavy (non-hydrogen) atoms. The number of rotatable bonds is 7. The molecule has 0 saturated heterocycles. The molecule has 0 aliphatic heterocycles. The number of nitrogens with one attached hydrogen (secondary N) is 2. The largest absolute Gasteiger partial charge is 0.493 e. The number of ether oxygens (including phenoxy) is 3. The van der Waals surface area contributed by atoms with Gasteiger partial charge in [0, 0.05) is 23.9 Å². The van der Waals surface area contributed by atoms with Crippen molar-refractivity contribution in [3.05, 3.63) is 30.0 Å². The topological polar surface area (TPSA) is 94.6 Å². The van der Waals surface area contributed by atoms with Gasteiger partial charge in [0.05, 0.1) is 21.3 Å². The molecule has 1 aromatic carbocycles. The second-order valence-electron chi connectivity index (χ2n) is 5.59. The second kappa shape index (κ2) is 7.25. The van der Waals surface area contributed by atoms with Gasteiger partial charge in [-0.1, -0.05) is 0 Å². The predicted octanol–water partition coefficient (Wildman–Crippen LogP) is 2.33. The molecule has 3 rings (SSSR count). The first kappa shape index (κ1) is 16.8. The summed E-state index contributed by atoms with van der Waals surface area (Å²) >= 11 is 0. The first-order valence-corrected chi connectivity index (χ1v) is 7.86. The second-order valence-corrected chi connectivity index (χ2v) is 5.59. The van der Waals surface area contributed by atoms with Gasteiger partial charge in [-0.15, -0.1) is 10.2 Å². The number of carbonyl (C=O) groups is 1. The van der Waals surface area contributed by atoms with Crippen molar-refractivity contribution in [3.63, 3.8) is 0 Å².